The molecular formula is C18H16BrNO4. The van der Waals surface area contributed by atoms with E-state index in [0.29, 0.717) is 5.33 Å². The summed E-state index contributed by atoms with van der Waals surface area (Å²) in [6.07, 6.45) is 4.67. The summed E-state index contributed by atoms with van der Waals surface area (Å²) in [6.45, 7) is 0. The maximum atomic E-state index is 12.2. The first-order chi connectivity index (χ1) is 11.6. The SMILES string of the molecule is COC(=O)/C=C(\C(=O)OC)N1C=Cc2ccccc2C1C#CCBr. The fraction of sp³-hybridized carbons (Fsp3) is 0.222. The van der Waals surface area contributed by atoms with Crippen molar-refractivity contribution in [3.05, 3.63) is 53.4 Å². The quantitative estimate of drug-likeness (QED) is 0.344. The second-order valence-corrected chi connectivity index (χ2v) is 5.31. The van der Waals surface area contributed by atoms with Gasteiger partial charge >= 0.3 is 11.9 Å². The van der Waals surface area contributed by atoms with Crippen molar-refractivity contribution >= 4 is 33.9 Å². The van der Waals surface area contributed by atoms with Crippen molar-refractivity contribution < 1.29 is 19.1 Å². The van der Waals surface area contributed by atoms with Gasteiger partial charge in [-0.05, 0) is 17.2 Å². The molecule has 0 radical (unpaired) electrons. The van der Waals surface area contributed by atoms with Crippen molar-refractivity contribution in [3.8, 4) is 11.8 Å². The summed E-state index contributed by atoms with van der Waals surface area (Å²) in [5.41, 5.74) is 2.00. The van der Waals surface area contributed by atoms with Crippen LogP contribution in [0.15, 0.2) is 42.2 Å². The largest absolute Gasteiger partial charge is 0.466 e. The molecule has 0 saturated heterocycles. The molecule has 0 aromatic heterocycles. The molecule has 1 aromatic rings. The average molecular weight is 390 g/mol. The third-order valence-electron chi connectivity index (χ3n) is 3.42. The third kappa shape index (κ3) is 3.87. The molecule has 1 aliphatic heterocycles. The molecule has 1 heterocycles. The number of alkyl halides is 1. The molecular weight excluding hydrogens is 374 g/mol. The molecule has 24 heavy (non-hydrogen) atoms. The van der Waals surface area contributed by atoms with Gasteiger partial charge in [0, 0.05) is 6.20 Å². The summed E-state index contributed by atoms with van der Waals surface area (Å²) in [5.74, 6) is 4.78. The zero-order valence-electron chi connectivity index (χ0n) is 13.3. The van der Waals surface area contributed by atoms with E-state index in [4.69, 9.17) is 4.74 Å². The van der Waals surface area contributed by atoms with Gasteiger partial charge in [-0.1, -0.05) is 52.0 Å². The van der Waals surface area contributed by atoms with Crippen molar-refractivity contribution in [1.82, 2.24) is 4.90 Å². The van der Waals surface area contributed by atoms with Crippen molar-refractivity contribution in [2.75, 3.05) is 19.5 Å². The van der Waals surface area contributed by atoms with E-state index in [9.17, 15) is 9.59 Å². The van der Waals surface area contributed by atoms with Crippen LogP contribution in [0.1, 0.15) is 17.2 Å². The van der Waals surface area contributed by atoms with Gasteiger partial charge in [-0.3, -0.25) is 0 Å². The Kier molecular flexibility index (Phi) is 6.21. The molecule has 5 nitrogen and oxygen atoms in total. The van der Waals surface area contributed by atoms with Gasteiger partial charge in [-0.2, -0.15) is 0 Å². The van der Waals surface area contributed by atoms with Crippen LogP contribution < -0.4 is 0 Å². The normalized spacial score (nSPS) is 15.9. The molecule has 2 rings (SSSR count). The minimum absolute atomic E-state index is 0.0592. The molecule has 0 fully saturated rings. The van der Waals surface area contributed by atoms with E-state index < -0.39 is 18.0 Å². The second-order valence-electron chi connectivity index (χ2n) is 4.75. The predicted octanol–water partition coefficient (Wildman–Crippen LogP) is 2.64. The highest BCUT2D eigenvalue weighted by atomic mass is 79.9. The van der Waals surface area contributed by atoms with Gasteiger partial charge in [-0.25, -0.2) is 9.59 Å². The van der Waals surface area contributed by atoms with Crippen LogP contribution in [-0.4, -0.2) is 36.4 Å². The Morgan fingerprint density at radius 1 is 1.29 bits per heavy atom. The summed E-state index contributed by atoms with van der Waals surface area (Å²) in [6, 6.07) is 7.32. The number of carbonyl (C=O) groups is 2. The number of hydrogen-bond acceptors (Lipinski definition) is 5. The van der Waals surface area contributed by atoms with E-state index in [1.165, 1.54) is 14.2 Å². The maximum Gasteiger partial charge on any atom is 0.354 e. The summed E-state index contributed by atoms with van der Waals surface area (Å²) in [4.78, 5) is 25.4. The Bertz CT molecular complexity index is 758. The number of methoxy groups -OCH3 is 2. The lowest BCUT2D eigenvalue weighted by Gasteiger charge is -2.32. The van der Waals surface area contributed by atoms with Gasteiger partial charge in [0.05, 0.1) is 25.6 Å². The first-order valence-electron chi connectivity index (χ1n) is 7.10. The number of rotatable bonds is 3. The Hall–Kier alpha value is -2.52. The zero-order chi connectivity index (χ0) is 17.5. The Labute approximate surface area is 149 Å². The van der Waals surface area contributed by atoms with E-state index >= 15 is 0 Å². The standard InChI is InChI=1S/C18H16BrNO4/c1-23-17(21)12-16(18(22)24-2)20-11-9-13-6-3-4-7-14(13)15(20)8-5-10-19/h3-4,6-7,9,11-12,15H,10H2,1-2H3/b16-12+. The van der Waals surface area contributed by atoms with E-state index in [-0.39, 0.29) is 5.70 Å². The molecule has 0 bridgehead atoms. The van der Waals surface area contributed by atoms with Crippen LogP contribution in [0.5, 0.6) is 0 Å². The second kappa shape index (κ2) is 8.37. The highest BCUT2D eigenvalue weighted by molar-refractivity contribution is 9.09. The lowest BCUT2D eigenvalue weighted by Crippen LogP contribution is -2.30. The molecule has 1 unspecified atom stereocenters. The Morgan fingerprint density at radius 3 is 2.71 bits per heavy atom. The van der Waals surface area contributed by atoms with Gasteiger partial charge in [0.15, 0.2) is 0 Å². The van der Waals surface area contributed by atoms with E-state index in [0.717, 1.165) is 17.2 Å². The van der Waals surface area contributed by atoms with Crippen molar-refractivity contribution in [3.63, 3.8) is 0 Å². The van der Waals surface area contributed by atoms with E-state index in [1.54, 1.807) is 11.1 Å². The number of fused-ring (bicyclic) bond motifs is 1. The number of benzene rings is 1. The summed E-state index contributed by atoms with van der Waals surface area (Å²) >= 11 is 3.28. The molecule has 124 valence electrons. The molecule has 1 atom stereocenters. The van der Waals surface area contributed by atoms with Crippen LogP contribution >= 0.6 is 15.9 Å². The third-order valence-corrected chi connectivity index (χ3v) is 3.70. The van der Waals surface area contributed by atoms with E-state index in [2.05, 4.69) is 32.5 Å². The lowest BCUT2D eigenvalue weighted by molar-refractivity contribution is -0.139. The van der Waals surface area contributed by atoms with Crippen LogP contribution in [0, 0.1) is 11.8 Å². The summed E-state index contributed by atoms with van der Waals surface area (Å²) in [5, 5.41) is 0.498. The molecule has 1 aromatic carbocycles. The fourth-order valence-corrected chi connectivity index (χ4v) is 2.49. The molecule has 1 aliphatic rings. The van der Waals surface area contributed by atoms with Gasteiger partial charge < -0.3 is 14.4 Å². The van der Waals surface area contributed by atoms with Crippen LogP contribution in [0.25, 0.3) is 6.08 Å². The molecule has 0 amide bonds. The fourth-order valence-electron chi connectivity index (χ4n) is 2.32. The number of esters is 2. The highest BCUT2D eigenvalue weighted by Gasteiger charge is 2.29. The predicted molar refractivity (Wildman–Crippen MR) is 93.7 cm³/mol. The van der Waals surface area contributed by atoms with Crippen LogP contribution in [0.3, 0.4) is 0 Å². The number of nitrogens with zero attached hydrogens (tertiary/aromatic N) is 1. The van der Waals surface area contributed by atoms with Crippen LogP contribution in [0.2, 0.25) is 0 Å². The van der Waals surface area contributed by atoms with Gasteiger partial charge in [-0.15, -0.1) is 0 Å². The summed E-state index contributed by atoms with van der Waals surface area (Å²) < 4.78 is 9.44. The van der Waals surface area contributed by atoms with Crippen LogP contribution in [-0.2, 0) is 19.1 Å². The van der Waals surface area contributed by atoms with Gasteiger partial charge in [0.1, 0.15) is 11.7 Å². The first-order valence-corrected chi connectivity index (χ1v) is 8.22. The minimum Gasteiger partial charge on any atom is -0.466 e. The number of ether oxygens (including phenoxy) is 2. The summed E-state index contributed by atoms with van der Waals surface area (Å²) in [7, 11) is 2.51. The lowest BCUT2D eigenvalue weighted by atomic mass is 9.96. The zero-order valence-corrected chi connectivity index (χ0v) is 14.9. The molecule has 0 saturated carbocycles. The molecule has 0 N–H and O–H groups in total. The van der Waals surface area contributed by atoms with E-state index in [1.807, 2.05) is 30.3 Å². The van der Waals surface area contributed by atoms with Gasteiger partial charge in [0.25, 0.3) is 0 Å². The maximum absolute atomic E-state index is 12.2. The number of halogens is 1. The molecule has 0 aliphatic carbocycles. The number of carbonyl (C=O) groups excluding carboxylic acids is 2. The smallest absolute Gasteiger partial charge is 0.354 e. The number of hydrogen-bond donors (Lipinski definition) is 0. The van der Waals surface area contributed by atoms with Gasteiger partial charge in [0.2, 0.25) is 0 Å². The topological polar surface area (TPSA) is 55.8 Å². The monoisotopic (exact) mass is 389 g/mol. The Balaban J connectivity index is 2.55. The van der Waals surface area contributed by atoms with Crippen molar-refractivity contribution in [2.45, 2.75) is 6.04 Å². The minimum atomic E-state index is -0.644. The molecule has 0 spiro atoms. The molecule has 6 heteroatoms. The van der Waals surface area contributed by atoms with Crippen molar-refractivity contribution in [1.29, 1.82) is 0 Å². The van der Waals surface area contributed by atoms with Crippen LogP contribution in [0.4, 0.5) is 0 Å². The van der Waals surface area contributed by atoms with Crippen molar-refractivity contribution in [2.24, 2.45) is 0 Å². The first kappa shape index (κ1) is 17.8. The highest BCUT2D eigenvalue weighted by Crippen LogP contribution is 2.33. The average Bonchev–Trinajstić information content (AvgIpc) is 2.63. The Morgan fingerprint density at radius 2 is 2.04 bits per heavy atom.